The molecule has 0 saturated carbocycles. The van der Waals surface area contributed by atoms with Gasteiger partial charge in [0.2, 0.25) is 0 Å². The third-order valence-electron chi connectivity index (χ3n) is 3.72. The number of hydrogen-bond donors (Lipinski definition) is 0. The van der Waals surface area contributed by atoms with Gasteiger partial charge in [0.15, 0.2) is 0 Å². The zero-order chi connectivity index (χ0) is 10.2. The first-order valence-corrected chi connectivity index (χ1v) is 6.43. The van der Waals surface area contributed by atoms with E-state index in [1.165, 1.54) is 0 Å². The van der Waals surface area contributed by atoms with E-state index in [2.05, 4.69) is 42.7 Å². The van der Waals surface area contributed by atoms with E-state index in [0.717, 1.165) is 0 Å². The van der Waals surface area contributed by atoms with E-state index in [0.29, 0.717) is 23.0 Å². The van der Waals surface area contributed by atoms with Crippen molar-refractivity contribution in [3.63, 3.8) is 0 Å². The second-order valence-electron chi connectivity index (χ2n) is 4.65. The topological polar surface area (TPSA) is 9.23 Å². The van der Waals surface area contributed by atoms with Gasteiger partial charge in [-0.05, 0) is 24.9 Å². The van der Waals surface area contributed by atoms with Gasteiger partial charge in [-0.15, -0.1) is 0 Å². The summed E-state index contributed by atoms with van der Waals surface area (Å²) in [5, 5.41) is 0.660. The second-order valence-corrected chi connectivity index (χ2v) is 5.67. The molecule has 3 unspecified atom stereocenters. The van der Waals surface area contributed by atoms with Crippen LogP contribution in [0.15, 0.2) is 0 Å². The first kappa shape index (κ1) is 11.5. The minimum Gasteiger partial charge on any atom is -0.380 e. The summed E-state index contributed by atoms with van der Waals surface area (Å²) in [5.74, 6) is 1.25. The van der Waals surface area contributed by atoms with Crippen molar-refractivity contribution in [2.75, 3.05) is 6.26 Å². The molecule has 1 fully saturated rings. The fourth-order valence-corrected chi connectivity index (χ4v) is 3.48. The van der Waals surface area contributed by atoms with E-state index in [4.69, 9.17) is 4.74 Å². The molecule has 1 aliphatic heterocycles. The largest absolute Gasteiger partial charge is 0.380 e. The van der Waals surface area contributed by atoms with E-state index in [1.54, 1.807) is 0 Å². The predicted molar refractivity (Wildman–Crippen MR) is 66.3 cm³/mol. The maximum atomic E-state index is 6.11. The molecule has 0 bridgehead atoms. The lowest BCUT2D eigenvalue weighted by Crippen LogP contribution is -2.36. The van der Waals surface area contributed by atoms with Crippen LogP contribution in [0.5, 0.6) is 0 Å². The Morgan fingerprint density at radius 1 is 1.38 bits per heavy atom. The minimum absolute atomic E-state index is 0.0765. The van der Waals surface area contributed by atoms with Crippen LogP contribution in [0, 0.1) is 5.92 Å². The van der Waals surface area contributed by atoms with Crippen molar-refractivity contribution >= 4 is 27.5 Å². The number of thioether (sulfide) groups is 1. The lowest BCUT2D eigenvalue weighted by Gasteiger charge is -2.34. The molecule has 1 rings (SSSR count). The van der Waals surface area contributed by atoms with Gasteiger partial charge < -0.3 is 4.74 Å². The Bertz CT molecular complexity index is 188. The van der Waals surface area contributed by atoms with Crippen molar-refractivity contribution < 1.29 is 4.74 Å². The van der Waals surface area contributed by atoms with E-state index in [-0.39, 0.29) is 5.60 Å². The van der Waals surface area contributed by atoms with Crippen LogP contribution in [-0.2, 0) is 4.74 Å². The molecule has 0 amide bonds. The fraction of sp³-hybridized carbons (Fsp3) is 1.00. The van der Waals surface area contributed by atoms with Gasteiger partial charge in [0.05, 0.1) is 5.60 Å². The highest BCUT2D eigenvalue weighted by atomic mass is 32.2. The molecule has 1 heterocycles. The van der Waals surface area contributed by atoms with Crippen LogP contribution in [0.1, 0.15) is 20.8 Å². The van der Waals surface area contributed by atoms with Crippen LogP contribution in [0.3, 0.4) is 0 Å². The summed E-state index contributed by atoms with van der Waals surface area (Å²) in [7, 11) is 4.52. The molecule has 13 heavy (non-hydrogen) atoms. The van der Waals surface area contributed by atoms with Gasteiger partial charge in [-0.2, -0.15) is 11.8 Å². The van der Waals surface area contributed by atoms with E-state index in [1.807, 2.05) is 11.8 Å². The molecule has 0 aromatic rings. The molecule has 0 N–H and O–H groups in total. The average molecular weight is 198 g/mol. The third kappa shape index (κ3) is 1.80. The zero-order valence-electron chi connectivity index (χ0n) is 9.63. The molecular formula is C9H20B2OS. The SMILES string of the molecule is BC1OC(C)(C(C)C)[C@H](B)C1SC. The lowest BCUT2D eigenvalue weighted by atomic mass is 9.67. The molecule has 0 aromatic heterocycles. The monoisotopic (exact) mass is 198 g/mol. The molecule has 4 atom stereocenters. The highest BCUT2D eigenvalue weighted by Crippen LogP contribution is 2.46. The highest BCUT2D eigenvalue weighted by molar-refractivity contribution is 7.99. The molecule has 1 nitrogen and oxygen atoms in total. The first-order chi connectivity index (χ1) is 5.93. The summed E-state index contributed by atoms with van der Waals surface area (Å²) in [6.45, 7) is 6.77. The van der Waals surface area contributed by atoms with E-state index >= 15 is 0 Å². The Labute approximate surface area is 88.2 Å². The highest BCUT2D eigenvalue weighted by Gasteiger charge is 2.48. The smallest absolute Gasteiger partial charge is 0.140 e. The molecule has 0 spiro atoms. The maximum Gasteiger partial charge on any atom is 0.140 e. The van der Waals surface area contributed by atoms with Crippen molar-refractivity contribution in [1.29, 1.82) is 0 Å². The second kappa shape index (κ2) is 3.90. The summed E-state index contributed by atoms with van der Waals surface area (Å²) >= 11 is 1.94. The Hall–Kier alpha value is 0.440. The summed E-state index contributed by atoms with van der Waals surface area (Å²) in [4.78, 5) is 0. The normalized spacial score (nSPS) is 45.8. The summed E-state index contributed by atoms with van der Waals surface area (Å²) in [5.41, 5.74) is 0.0765. The van der Waals surface area contributed by atoms with Crippen molar-refractivity contribution in [2.45, 2.75) is 43.4 Å². The lowest BCUT2D eigenvalue weighted by molar-refractivity contribution is -0.0308. The van der Waals surface area contributed by atoms with E-state index < -0.39 is 0 Å². The van der Waals surface area contributed by atoms with Crippen LogP contribution in [0.25, 0.3) is 0 Å². The first-order valence-electron chi connectivity index (χ1n) is 5.14. The molecule has 0 radical (unpaired) electrons. The Balaban J connectivity index is 2.82. The average Bonchev–Trinajstić information content (AvgIpc) is 2.25. The van der Waals surface area contributed by atoms with Crippen molar-refractivity contribution in [3.8, 4) is 0 Å². The van der Waals surface area contributed by atoms with Crippen LogP contribution < -0.4 is 0 Å². The molecule has 1 aliphatic rings. The standard InChI is InChI=1S/C9H20B2OS/c1-5(2)9(3)7(10)6(13-4)8(11)12-9/h5-8H,10-11H2,1-4H3/t6?,7-,8?,9?/m1/s1. The van der Waals surface area contributed by atoms with E-state index in [9.17, 15) is 0 Å². The predicted octanol–water partition coefficient (Wildman–Crippen LogP) is 0.544. The molecule has 0 aliphatic carbocycles. The van der Waals surface area contributed by atoms with Gasteiger partial charge in [0.25, 0.3) is 0 Å². The Morgan fingerprint density at radius 3 is 2.15 bits per heavy atom. The number of rotatable bonds is 2. The Morgan fingerprint density at radius 2 is 1.92 bits per heavy atom. The van der Waals surface area contributed by atoms with Crippen molar-refractivity contribution in [3.05, 3.63) is 0 Å². The van der Waals surface area contributed by atoms with Crippen LogP contribution in [-0.4, -0.2) is 38.8 Å². The summed E-state index contributed by atoms with van der Waals surface area (Å²) in [6, 6.07) is 0.400. The molecule has 4 heteroatoms. The van der Waals surface area contributed by atoms with Gasteiger partial charge in [0, 0.05) is 11.3 Å². The zero-order valence-corrected chi connectivity index (χ0v) is 10.4. The summed E-state index contributed by atoms with van der Waals surface area (Å²) in [6.07, 6.45) is 2.19. The molecule has 74 valence electrons. The number of ether oxygens (including phenoxy) is 1. The summed E-state index contributed by atoms with van der Waals surface area (Å²) < 4.78 is 6.11. The van der Waals surface area contributed by atoms with Crippen LogP contribution in [0.2, 0.25) is 5.82 Å². The van der Waals surface area contributed by atoms with Gasteiger partial charge in [0.1, 0.15) is 15.7 Å². The molecule has 0 aromatic carbocycles. The quantitative estimate of drug-likeness (QED) is 0.599. The molecule has 1 saturated heterocycles. The van der Waals surface area contributed by atoms with Gasteiger partial charge in [-0.25, -0.2) is 0 Å². The van der Waals surface area contributed by atoms with Crippen molar-refractivity contribution in [2.24, 2.45) is 5.92 Å². The maximum absolute atomic E-state index is 6.11. The van der Waals surface area contributed by atoms with Gasteiger partial charge in [-0.3, -0.25) is 0 Å². The van der Waals surface area contributed by atoms with Crippen LogP contribution in [0.4, 0.5) is 0 Å². The molecular weight excluding hydrogens is 178 g/mol. The third-order valence-corrected chi connectivity index (χ3v) is 5.05. The Kier molecular flexibility index (Phi) is 3.45. The van der Waals surface area contributed by atoms with Gasteiger partial charge in [-0.1, -0.05) is 13.8 Å². The minimum atomic E-state index is 0.0765. The number of hydrogen-bond acceptors (Lipinski definition) is 2. The fourth-order valence-electron chi connectivity index (χ4n) is 2.37. The van der Waals surface area contributed by atoms with Crippen LogP contribution >= 0.6 is 11.8 Å². The van der Waals surface area contributed by atoms with Gasteiger partial charge >= 0.3 is 0 Å². The van der Waals surface area contributed by atoms with Crippen molar-refractivity contribution in [1.82, 2.24) is 0 Å².